The molecule has 0 saturated heterocycles. The molecule has 0 aliphatic carbocycles. The van der Waals surface area contributed by atoms with Crippen LogP contribution in [0, 0.1) is 11.8 Å². The zero-order valence-electron chi connectivity index (χ0n) is 15.6. The van der Waals surface area contributed by atoms with Crippen molar-refractivity contribution >= 4 is 11.9 Å². The van der Waals surface area contributed by atoms with Gasteiger partial charge in [0.15, 0.2) is 6.61 Å². The number of carboxylic acid groups (broad SMARTS) is 1. The highest BCUT2D eigenvalue weighted by Crippen LogP contribution is 2.58. The van der Waals surface area contributed by atoms with Crippen molar-refractivity contribution in [3.05, 3.63) is 0 Å². The van der Waals surface area contributed by atoms with Crippen molar-refractivity contribution in [2.45, 2.75) is 92.4 Å². The van der Waals surface area contributed by atoms with Crippen LogP contribution >= 0.6 is 0 Å². The van der Waals surface area contributed by atoms with E-state index in [4.69, 9.17) is 5.11 Å². The van der Waals surface area contributed by atoms with Crippen molar-refractivity contribution in [2.24, 2.45) is 11.8 Å². The van der Waals surface area contributed by atoms with Gasteiger partial charge in [-0.3, -0.25) is 9.59 Å². The van der Waals surface area contributed by atoms with Gasteiger partial charge >= 0.3 is 48.0 Å². The summed E-state index contributed by atoms with van der Waals surface area (Å²) in [7, 11) is 0. The fourth-order valence-electron chi connectivity index (χ4n) is 2.10. The maximum atomic E-state index is 13.6. The minimum absolute atomic E-state index is 0. The molecule has 0 aliphatic rings. The molecule has 2 atom stereocenters. The third-order valence-corrected chi connectivity index (χ3v) is 4.22. The van der Waals surface area contributed by atoms with Crippen LogP contribution in [0.3, 0.4) is 0 Å². The molecule has 0 aromatic heterocycles. The highest BCUT2D eigenvalue weighted by molar-refractivity contribution is 5.74. The van der Waals surface area contributed by atoms with Gasteiger partial charge in [0, 0.05) is 0 Å². The zero-order chi connectivity index (χ0) is 25.2. The van der Waals surface area contributed by atoms with Crippen molar-refractivity contribution in [3.8, 4) is 0 Å². The molecule has 0 aromatic rings. The largest absolute Gasteiger partial charge is 0.481 e. The van der Waals surface area contributed by atoms with Crippen LogP contribution in [0.1, 0.15) is 56.4 Å². The van der Waals surface area contributed by atoms with Gasteiger partial charge in [0.25, 0.3) is 0 Å². The number of rotatable bonds is 12. The molecule has 0 fully saturated rings. The molecule has 0 heterocycles. The molecule has 2 unspecified atom stereocenters. The third kappa shape index (κ3) is 8.05. The standard InChI is InChI=1S/C15H16F12O4.4CH4/c1-3-7(4-6(2)8(28)29)9(30)31-5-11(18,19)13(22,23)15(26,27)14(24,25)12(20,21)10(16)17;;;;/h6-7,10H,3-5H2,1-2H3,(H,28,29);4*1H4. The van der Waals surface area contributed by atoms with Crippen LogP contribution in [0.5, 0.6) is 0 Å². The Morgan fingerprint density at radius 1 is 0.800 bits per heavy atom. The minimum Gasteiger partial charge on any atom is -0.481 e. The number of aliphatic carboxylic acids is 1. The van der Waals surface area contributed by atoms with E-state index in [9.17, 15) is 62.3 Å². The molecular formula is C19H32F12O4. The van der Waals surface area contributed by atoms with Gasteiger partial charge in [0.1, 0.15) is 0 Å². The van der Waals surface area contributed by atoms with Crippen molar-refractivity contribution in [3.63, 3.8) is 0 Å². The second-order valence-corrected chi connectivity index (χ2v) is 6.54. The number of carboxylic acids is 1. The summed E-state index contributed by atoms with van der Waals surface area (Å²) >= 11 is 0. The predicted molar refractivity (Wildman–Crippen MR) is 104 cm³/mol. The number of halogens is 12. The van der Waals surface area contributed by atoms with Gasteiger partial charge in [0.05, 0.1) is 11.8 Å². The Morgan fingerprint density at radius 3 is 1.51 bits per heavy atom. The summed E-state index contributed by atoms with van der Waals surface area (Å²) in [5, 5.41) is 8.70. The molecule has 0 aliphatic heterocycles. The number of hydrogen-bond donors (Lipinski definition) is 1. The average molecular weight is 552 g/mol. The lowest BCUT2D eigenvalue weighted by Gasteiger charge is -2.39. The Kier molecular flexibility index (Phi) is 17.3. The SMILES string of the molecule is C.C.C.C.CCC(CC(C)C(=O)O)C(=O)OCC(F)(F)C(F)(F)C(F)(F)C(F)(F)C(F)(F)C(F)F. The monoisotopic (exact) mass is 552 g/mol. The van der Waals surface area contributed by atoms with Crippen molar-refractivity contribution in [2.75, 3.05) is 6.61 Å². The lowest BCUT2D eigenvalue weighted by molar-refractivity contribution is -0.414. The highest BCUT2D eigenvalue weighted by atomic mass is 19.4. The number of carbonyl (C=O) groups is 2. The summed E-state index contributed by atoms with van der Waals surface area (Å²) in [5.74, 6) is -42.3. The molecule has 0 aromatic carbocycles. The predicted octanol–water partition coefficient (Wildman–Crippen LogP) is 7.65. The molecule has 0 bridgehead atoms. The van der Waals surface area contributed by atoms with Gasteiger partial charge in [-0.05, 0) is 12.8 Å². The summed E-state index contributed by atoms with van der Waals surface area (Å²) in [6.45, 7) is -0.746. The quantitative estimate of drug-likeness (QED) is 0.200. The van der Waals surface area contributed by atoms with E-state index in [0.29, 0.717) is 0 Å². The van der Waals surface area contributed by atoms with Crippen LogP contribution in [0.4, 0.5) is 52.7 Å². The number of alkyl halides is 12. The van der Waals surface area contributed by atoms with Gasteiger partial charge in [-0.25, -0.2) is 8.78 Å². The van der Waals surface area contributed by atoms with Crippen LogP contribution in [0.25, 0.3) is 0 Å². The second kappa shape index (κ2) is 14.0. The van der Waals surface area contributed by atoms with E-state index in [1.54, 1.807) is 0 Å². The zero-order valence-corrected chi connectivity index (χ0v) is 15.6. The first-order chi connectivity index (χ1) is 13.6. The number of carbonyl (C=O) groups excluding carboxylic acids is 1. The smallest absolute Gasteiger partial charge is 0.384 e. The van der Waals surface area contributed by atoms with Gasteiger partial charge in [0.2, 0.25) is 0 Å². The van der Waals surface area contributed by atoms with E-state index in [1.165, 1.54) is 6.92 Å². The fourth-order valence-corrected chi connectivity index (χ4v) is 2.10. The maximum Gasteiger partial charge on any atom is 0.384 e. The molecule has 0 amide bonds. The molecule has 216 valence electrons. The van der Waals surface area contributed by atoms with E-state index in [0.717, 1.165) is 6.92 Å². The van der Waals surface area contributed by atoms with E-state index in [1.807, 2.05) is 0 Å². The Labute approximate surface area is 196 Å². The summed E-state index contributed by atoms with van der Waals surface area (Å²) in [4.78, 5) is 22.4. The minimum atomic E-state index is -7.71. The third-order valence-electron chi connectivity index (χ3n) is 4.22. The van der Waals surface area contributed by atoms with E-state index in [-0.39, 0.29) is 36.1 Å². The lowest BCUT2D eigenvalue weighted by Crippen LogP contribution is -2.69. The topological polar surface area (TPSA) is 63.6 Å². The lowest BCUT2D eigenvalue weighted by atomic mass is 9.93. The summed E-state index contributed by atoms with van der Waals surface area (Å²) in [5.41, 5.74) is 0. The van der Waals surface area contributed by atoms with Crippen LogP contribution in [-0.2, 0) is 14.3 Å². The molecule has 1 N–H and O–H groups in total. The van der Waals surface area contributed by atoms with Gasteiger partial charge in [-0.2, -0.15) is 43.9 Å². The molecule has 16 heteroatoms. The Bertz CT molecular complexity index is 654. The summed E-state index contributed by atoms with van der Waals surface area (Å²) in [6.07, 6.45) is -6.48. The van der Waals surface area contributed by atoms with Crippen LogP contribution in [0.2, 0.25) is 0 Å². The molecule has 0 saturated carbocycles. The second-order valence-electron chi connectivity index (χ2n) is 6.54. The number of hydrogen-bond acceptors (Lipinski definition) is 3. The normalized spacial score (nSPS) is 14.4. The first kappa shape index (κ1) is 43.2. The fraction of sp³-hybridized carbons (Fsp3) is 0.895. The average Bonchev–Trinajstić information content (AvgIpc) is 2.62. The molecular weight excluding hydrogens is 520 g/mol. The van der Waals surface area contributed by atoms with Crippen molar-refractivity contribution in [1.29, 1.82) is 0 Å². The first-order valence-electron chi connectivity index (χ1n) is 8.18. The maximum absolute atomic E-state index is 13.6. The van der Waals surface area contributed by atoms with Crippen LogP contribution in [0.15, 0.2) is 0 Å². The van der Waals surface area contributed by atoms with Crippen molar-refractivity contribution < 1.29 is 72.1 Å². The van der Waals surface area contributed by atoms with Gasteiger partial charge in [-0.15, -0.1) is 0 Å². The molecule has 0 spiro atoms. The Morgan fingerprint density at radius 2 is 1.20 bits per heavy atom. The molecule has 35 heavy (non-hydrogen) atoms. The van der Waals surface area contributed by atoms with E-state index >= 15 is 0 Å². The molecule has 0 rings (SSSR count). The van der Waals surface area contributed by atoms with Crippen molar-refractivity contribution in [1.82, 2.24) is 0 Å². The van der Waals surface area contributed by atoms with Gasteiger partial charge in [-0.1, -0.05) is 43.6 Å². The number of esters is 1. The van der Waals surface area contributed by atoms with Crippen LogP contribution < -0.4 is 0 Å². The van der Waals surface area contributed by atoms with E-state index < -0.39 is 72.8 Å². The van der Waals surface area contributed by atoms with Crippen LogP contribution in [-0.4, -0.2) is 59.7 Å². The first-order valence-corrected chi connectivity index (χ1v) is 8.18. The summed E-state index contributed by atoms with van der Waals surface area (Å²) in [6, 6.07) is 0. The Hall–Kier alpha value is -1.90. The highest BCUT2D eigenvalue weighted by Gasteiger charge is 2.87. The van der Waals surface area contributed by atoms with Gasteiger partial charge < -0.3 is 9.84 Å². The number of ether oxygens (including phenoxy) is 1. The molecule has 4 nitrogen and oxygen atoms in total. The molecule has 0 radical (unpaired) electrons. The van der Waals surface area contributed by atoms with E-state index in [2.05, 4.69) is 4.74 Å². The Balaban J connectivity index is -0.000000750. The summed E-state index contributed by atoms with van der Waals surface area (Å²) < 4.78 is 160.